The molecule has 5 aromatic rings. The first-order valence-corrected chi connectivity index (χ1v) is 11.2. The van der Waals surface area contributed by atoms with Crippen molar-refractivity contribution in [2.45, 2.75) is 0 Å². The van der Waals surface area contributed by atoms with E-state index < -0.39 is 0 Å². The summed E-state index contributed by atoms with van der Waals surface area (Å²) in [5.74, 6) is -0.356. The van der Waals surface area contributed by atoms with Gasteiger partial charge in [-0.05, 0) is 0 Å². The Morgan fingerprint density at radius 3 is 1.24 bits per heavy atom. The van der Waals surface area contributed by atoms with Crippen molar-refractivity contribution in [3.63, 3.8) is 0 Å². The molecule has 0 saturated carbocycles. The second-order valence-electron chi connectivity index (χ2n) is 7.08. The molecule has 0 spiro atoms. The molecule has 2 nitrogen and oxygen atoms in total. The summed E-state index contributed by atoms with van der Waals surface area (Å²) in [6.07, 6.45) is 0. The van der Waals surface area contributed by atoms with Gasteiger partial charge in [-0.3, -0.25) is 0 Å². The molecule has 0 aliphatic rings. The van der Waals surface area contributed by atoms with Crippen LogP contribution in [0.4, 0.5) is 0 Å². The van der Waals surface area contributed by atoms with Crippen LogP contribution in [-0.2, 0) is 24.2 Å². The maximum atomic E-state index is 12.1. The van der Waals surface area contributed by atoms with Gasteiger partial charge in [0.05, 0.1) is 0 Å². The number of Topliss-reactive ketones (excluding diaryl/α,β-unsaturated/α-hetero) is 2. The summed E-state index contributed by atoms with van der Waals surface area (Å²) in [6, 6.07) is 37.1. The van der Waals surface area contributed by atoms with Gasteiger partial charge in [-0.1, -0.05) is 36.4 Å². The molecule has 0 aromatic heterocycles. The maximum absolute atomic E-state index is 12.1. The van der Waals surface area contributed by atoms with E-state index in [0.717, 1.165) is 24.2 Å². The molecule has 5 aromatic carbocycles. The number of hydrogen-bond acceptors (Lipinski definition) is 2. The second-order valence-corrected chi connectivity index (χ2v) is 8.31. The van der Waals surface area contributed by atoms with Gasteiger partial charge in [-0.15, -0.1) is 39.7 Å². The number of fused-ring (bicyclic) bond motifs is 3. The van der Waals surface area contributed by atoms with Crippen molar-refractivity contribution in [1.29, 1.82) is 0 Å². The number of benzene rings is 4. The zero-order valence-corrected chi connectivity index (χ0v) is 21.5. The van der Waals surface area contributed by atoms with E-state index in [1.807, 2.05) is 12.1 Å². The van der Waals surface area contributed by atoms with E-state index in [1.54, 1.807) is 48.5 Å². The van der Waals surface area contributed by atoms with E-state index in [1.165, 1.54) is 21.5 Å². The standard InChI is InChI=1S/C15H10O2.C13H9.2ClH.Zr/c16-14(12-7-3-1-4-8-12)11-15(17)13-9-5-2-6-10-13;1-3-7-12-10(5-1)9-11-6-2-4-8-13(11)12;;;/h1-10H;1-9H;2*1H;/q;-1;;;+2/p-2. The average molecular weight is 550 g/mol. The van der Waals surface area contributed by atoms with Crippen LogP contribution in [0.15, 0.2) is 115 Å². The fraction of sp³-hybridized carbons (Fsp3) is 0. The van der Waals surface area contributed by atoms with Crippen LogP contribution in [0.3, 0.4) is 0 Å². The average Bonchev–Trinajstić information content (AvgIpc) is 3.23. The van der Waals surface area contributed by atoms with E-state index in [0.29, 0.717) is 14.3 Å². The van der Waals surface area contributed by atoms with Gasteiger partial charge in [0.2, 0.25) is 0 Å². The van der Waals surface area contributed by atoms with Crippen LogP contribution in [0.25, 0.3) is 21.5 Å². The molecule has 0 saturated heterocycles. The number of carbonyl (C=O) groups excluding carboxylic acids is 2. The minimum Gasteiger partial charge on any atom is -1.00 e. The molecule has 5 rings (SSSR count). The van der Waals surface area contributed by atoms with E-state index in [9.17, 15) is 9.59 Å². The van der Waals surface area contributed by atoms with Crippen LogP contribution in [0.5, 0.6) is 0 Å². The third-order valence-electron chi connectivity index (χ3n) is 5.05. The van der Waals surface area contributed by atoms with Gasteiger partial charge in [0.1, 0.15) is 0 Å². The summed E-state index contributed by atoms with van der Waals surface area (Å²) < 4.78 is 0.333. The van der Waals surface area contributed by atoms with E-state index in [-0.39, 0.29) is 36.4 Å². The molecule has 33 heavy (non-hydrogen) atoms. The van der Waals surface area contributed by atoms with Crippen LogP contribution in [-0.4, -0.2) is 14.8 Å². The van der Waals surface area contributed by atoms with Crippen LogP contribution in [0.1, 0.15) is 20.7 Å². The SMILES string of the molecule is O=C([C](=[Zr+2])C(=O)c1ccccc1)c1ccccc1.[Cl-].[Cl-].c1ccc2c(c1)[cH-]c1ccccc12. The first kappa shape index (κ1) is 26.7. The molecular formula is C28H19Cl2O2Zr-. The smallest absolute Gasteiger partial charge is 0.0771 e. The van der Waals surface area contributed by atoms with Gasteiger partial charge in [0.25, 0.3) is 0 Å². The van der Waals surface area contributed by atoms with E-state index in [4.69, 9.17) is 0 Å². The maximum Gasteiger partial charge on any atom is -0.0771 e. The molecule has 0 aliphatic carbocycles. The fourth-order valence-electron chi connectivity index (χ4n) is 3.47. The van der Waals surface area contributed by atoms with Crippen molar-refractivity contribution in [2.75, 3.05) is 0 Å². The molecule has 0 heterocycles. The van der Waals surface area contributed by atoms with Crippen molar-refractivity contribution < 1.29 is 58.6 Å². The fourth-order valence-corrected chi connectivity index (χ4v) is 4.18. The van der Waals surface area contributed by atoms with Gasteiger partial charge in [-0.25, -0.2) is 0 Å². The first-order chi connectivity index (χ1) is 15.1. The van der Waals surface area contributed by atoms with Crippen molar-refractivity contribution >= 4 is 36.3 Å². The van der Waals surface area contributed by atoms with Gasteiger partial charge >= 0.3 is 120 Å². The molecule has 0 amide bonds. The normalized spacial score (nSPS) is 9.76. The molecule has 0 aliphatic heterocycles. The number of halogens is 2. The van der Waals surface area contributed by atoms with Crippen LogP contribution in [0.2, 0.25) is 0 Å². The topological polar surface area (TPSA) is 34.1 Å². The van der Waals surface area contributed by atoms with Gasteiger partial charge in [-0.2, -0.15) is 0 Å². The predicted octanol–water partition coefficient (Wildman–Crippen LogP) is 0.191. The summed E-state index contributed by atoms with van der Waals surface area (Å²) in [4.78, 5) is 24.2. The van der Waals surface area contributed by atoms with Crippen molar-refractivity contribution in [1.82, 2.24) is 0 Å². The zero-order valence-electron chi connectivity index (χ0n) is 17.5. The summed E-state index contributed by atoms with van der Waals surface area (Å²) in [7, 11) is 0. The van der Waals surface area contributed by atoms with Crippen LogP contribution in [0, 0.1) is 0 Å². The Hall–Kier alpha value is -2.58. The molecule has 0 bridgehead atoms. The Balaban J connectivity index is 0.000000229. The van der Waals surface area contributed by atoms with E-state index >= 15 is 0 Å². The van der Waals surface area contributed by atoms with Crippen molar-refractivity contribution in [3.8, 4) is 0 Å². The zero-order chi connectivity index (χ0) is 21.6. The van der Waals surface area contributed by atoms with Gasteiger partial charge < -0.3 is 24.8 Å². The van der Waals surface area contributed by atoms with Gasteiger partial charge in [0.15, 0.2) is 0 Å². The Morgan fingerprint density at radius 1 is 0.515 bits per heavy atom. The Labute approximate surface area is 220 Å². The molecular weight excluding hydrogens is 530 g/mol. The summed E-state index contributed by atoms with van der Waals surface area (Å²) in [6.45, 7) is 0. The van der Waals surface area contributed by atoms with Crippen molar-refractivity contribution in [3.05, 3.63) is 126 Å². The summed E-state index contributed by atoms with van der Waals surface area (Å²) >= 11 is 0.842. The minimum atomic E-state index is -0.178. The largest absolute Gasteiger partial charge is 1.00 e. The second kappa shape index (κ2) is 12.6. The molecule has 0 radical (unpaired) electrons. The number of carbonyl (C=O) groups is 2. The Kier molecular flexibility index (Phi) is 10.2. The number of ketones is 2. The molecule has 5 heteroatoms. The third-order valence-corrected chi connectivity index (χ3v) is 6.17. The monoisotopic (exact) mass is 547 g/mol. The summed E-state index contributed by atoms with van der Waals surface area (Å²) in [5, 5.41) is 5.39. The van der Waals surface area contributed by atoms with E-state index in [2.05, 4.69) is 54.6 Å². The number of hydrogen-bond donors (Lipinski definition) is 0. The van der Waals surface area contributed by atoms with Gasteiger partial charge in [0, 0.05) is 0 Å². The molecule has 0 atom stereocenters. The third kappa shape index (κ3) is 6.27. The molecule has 0 fully saturated rings. The van der Waals surface area contributed by atoms with Crippen LogP contribution >= 0.6 is 0 Å². The van der Waals surface area contributed by atoms with Crippen LogP contribution < -0.4 is 24.8 Å². The molecule has 0 N–H and O–H groups in total. The first-order valence-electron chi connectivity index (χ1n) is 9.96. The minimum absolute atomic E-state index is 0. The predicted molar refractivity (Wildman–Crippen MR) is 124 cm³/mol. The Bertz CT molecular complexity index is 1270. The van der Waals surface area contributed by atoms with Crippen molar-refractivity contribution in [2.24, 2.45) is 0 Å². The summed E-state index contributed by atoms with van der Waals surface area (Å²) in [5.41, 5.74) is 1.13. The molecule has 0 unspecified atom stereocenters. The number of rotatable bonds is 4. The Morgan fingerprint density at radius 2 is 0.848 bits per heavy atom. The molecule has 162 valence electrons. The quantitative estimate of drug-likeness (QED) is 0.182.